The molecule has 10 heavy (non-hydrogen) atoms. The Morgan fingerprint density at radius 2 is 2.30 bits per heavy atom. The zero-order valence-corrected chi connectivity index (χ0v) is 6.09. The maximum absolute atomic E-state index is 5.52. The molecule has 0 atom stereocenters. The van der Waals surface area contributed by atoms with Crippen LogP contribution in [0.5, 0.6) is 0 Å². The fourth-order valence-corrected chi connectivity index (χ4v) is 0.540. The average molecular weight is 136 g/mol. The van der Waals surface area contributed by atoms with E-state index in [0.717, 1.165) is 0 Å². The lowest BCUT2D eigenvalue weighted by Crippen LogP contribution is -2.08. The second-order valence-electron chi connectivity index (χ2n) is 1.78. The second kappa shape index (κ2) is 4.66. The minimum atomic E-state index is 0.326. The van der Waals surface area contributed by atoms with Gasteiger partial charge in [0, 0.05) is 17.8 Å². The first-order chi connectivity index (χ1) is 4.76. The van der Waals surface area contributed by atoms with Crippen molar-refractivity contribution in [3.63, 3.8) is 0 Å². The van der Waals surface area contributed by atoms with Crippen LogP contribution >= 0.6 is 0 Å². The Bertz CT molecular complexity index is 194. The van der Waals surface area contributed by atoms with Crippen LogP contribution in [-0.2, 0) is 0 Å². The predicted octanol–water partition coefficient (Wildman–Crippen LogP) is 0.367. The third-order valence-corrected chi connectivity index (χ3v) is 1.07. The molecule has 0 spiro atoms. The van der Waals surface area contributed by atoms with Gasteiger partial charge in [0.15, 0.2) is 0 Å². The van der Waals surface area contributed by atoms with Crippen molar-refractivity contribution in [3.8, 4) is 12.3 Å². The lowest BCUT2D eigenvalue weighted by molar-refractivity contribution is 1.16. The zero-order valence-electron chi connectivity index (χ0n) is 6.09. The van der Waals surface area contributed by atoms with Crippen LogP contribution in [0.25, 0.3) is 0 Å². The van der Waals surface area contributed by atoms with Crippen LogP contribution in [0.15, 0.2) is 23.4 Å². The van der Waals surface area contributed by atoms with Gasteiger partial charge >= 0.3 is 0 Å². The summed E-state index contributed by atoms with van der Waals surface area (Å²) in [6.45, 7) is 2.20. The van der Waals surface area contributed by atoms with Crippen molar-refractivity contribution >= 4 is 0 Å². The zero-order chi connectivity index (χ0) is 7.98. The smallest absolute Gasteiger partial charge is 0.0441 e. The van der Waals surface area contributed by atoms with E-state index >= 15 is 0 Å². The average Bonchev–Trinajstić information content (AvgIpc) is 1.91. The van der Waals surface area contributed by atoms with Gasteiger partial charge in [-0.1, -0.05) is 12.0 Å². The van der Waals surface area contributed by atoms with Crippen LogP contribution in [0.2, 0.25) is 0 Å². The SMILES string of the molecule is C#C/C(CN)=C(N)\C=C/C. The second-order valence-corrected chi connectivity index (χ2v) is 1.78. The molecule has 0 heterocycles. The van der Waals surface area contributed by atoms with Crippen molar-refractivity contribution in [1.82, 2.24) is 0 Å². The van der Waals surface area contributed by atoms with Crippen molar-refractivity contribution in [2.75, 3.05) is 6.54 Å². The molecule has 2 heteroatoms. The van der Waals surface area contributed by atoms with Crippen molar-refractivity contribution in [2.24, 2.45) is 11.5 Å². The molecule has 2 nitrogen and oxygen atoms in total. The molecule has 54 valence electrons. The Balaban J connectivity index is 4.47. The summed E-state index contributed by atoms with van der Waals surface area (Å²) in [4.78, 5) is 0. The van der Waals surface area contributed by atoms with Gasteiger partial charge in [0.25, 0.3) is 0 Å². The third kappa shape index (κ3) is 2.38. The van der Waals surface area contributed by atoms with Crippen LogP contribution < -0.4 is 11.5 Å². The maximum atomic E-state index is 5.52. The fraction of sp³-hybridized carbons (Fsp3) is 0.250. The number of allylic oxidation sites excluding steroid dienone is 2. The van der Waals surface area contributed by atoms with Gasteiger partial charge in [0.05, 0.1) is 0 Å². The standard InChI is InChI=1S/C8H12N2/c1-3-5-8(10)7(4-2)6-9/h2-3,5H,6,9-10H2,1H3/b5-3-,8-7-. The first kappa shape index (κ1) is 8.80. The highest BCUT2D eigenvalue weighted by Crippen LogP contribution is 1.95. The predicted molar refractivity (Wildman–Crippen MR) is 43.9 cm³/mol. The third-order valence-electron chi connectivity index (χ3n) is 1.07. The van der Waals surface area contributed by atoms with E-state index in [1.165, 1.54) is 0 Å². The summed E-state index contributed by atoms with van der Waals surface area (Å²) >= 11 is 0. The summed E-state index contributed by atoms with van der Waals surface area (Å²) in [6, 6.07) is 0. The molecule has 0 aliphatic carbocycles. The molecule has 0 bridgehead atoms. The summed E-state index contributed by atoms with van der Waals surface area (Å²) in [7, 11) is 0. The summed E-state index contributed by atoms with van der Waals surface area (Å²) in [5, 5.41) is 0. The van der Waals surface area contributed by atoms with Gasteiger partial charge in [-0.2, -0.15) is 0 Å². The summed E-state index contributed by atoms with van der Waals surface area (Å²) < 4.78 is 0. The largest absolute Gasteiger partial charge is 0.398 e. The van der Waals surface area contributed by atoms with E-state index in [1.807, 2.05) is 13.0 Å². The topological polar surface area (TPSA) is 52.0 Å². The monoisotopic (exact) mass is 136 g/mol. The summed E-state index contributed by atoms with van der Waals surface area (Å²) in [5.74, 6) is 2.41. The molecule has 0 unspecified atom stereocenters. The first-order valence-corrected chi connectivity index (χ1v) is 3.04. The van der Waals surface area contributed by atoms with Crippen molar-refractivity contribution in [3.05, 3.63) is 23.4 Å². The molecule has 0 saturated heterocycles. The van der Waals surface area contributed by atoms with Crippen molar-refractivity contribution < 1.29 is 0 Å². The number of terminal acetylenes is 1. The Kier molecular flexibility index (Phi) is 4.10. The highest BCUT2D eigenvalue weighted by molar-refractivity contribution is 5.36. The van der Waals surface area contributed by atoms with Crippen LogP contribution in [-0.4, -0.2) is 6.54 Å². The van der Waals surface area contributed by atoms with Gasteiger partial charge in [0.1, 0.15) is 0 Å². The quantitative estimate of drug-likeness (QED) is 0.425. The molecule has 0 rings (SSSR count). The lowest BCUT2D eigenvalue weighted by atomic mass is 10.2. The Morgan fingerprint density at radius 1 is 1.70 bits per heavy atom. The van der Waals surface area contributed by atoms with Gasteiger partial charge in [-0.3, -0.25) is 0 Å². The van der Waals surface area contributed by atoms with E-state index in [9.17, 15) is 0 Å². The van der Waals surface area contributed by atoms with Gasteiger partial charge in [-0.25, -0.2) is 0 Å². The molecule has 4 N–H and O–H groups in total. The van der Waals surface area contributed by atoms with Gasteiger partial charge in [-0.05, 0) is 13.0 Å². The van der Waals surface area contributed by atoms with Crippen molar-refractivity contribution in [2.45, 2.75) is 6.92 Å². The fourth-order valence-electron chi connectivity index (χ4n) is 0.540. The number of hydrogen-bond acceptors (Lipinski definition) is 2. The molecule has 0 radical (unpaired) electrons. The van der Waals surface area contributed by atoms with E-state index in [0.29, 0.717) is 17.8 Å². The number of hydrogen-bond donors (Lipinski definition) is 2. The molecule has 0 aromatic carbocycles. The van der Waals surface area contributed by atoms with Crippen LogP contribution in [0.3, 0.4) is 0 Å². The van der Waals surface area contributed by atoms with Crippen LogP contribution in [0.1, 0.15) is 6.92 Å². The van der Waals surface area contributed by atoms with Gasteiger partial charge < -0.3 is 11.5 Å². The molecular formula is C8H12N2. The molecule has 0 aliphatic heterocycles. The van der Waals surface area contributed by atoms with E-state index in [2.05, 4.69) is 5.92 Å². The van der Waals surface area contributed by atoms with E-state index < -0.39 is 0 Å². The Labute approximate surface area is 61.6 Å². The molecule has 0 amide bonds. The molecule has 0 aliphatic rings. The number of rotatable bonds is 2. The van der Waals surface area contributed by atoms with E-state index in [-0.39, 0.29) is 0 Å². The van der Waals surface area contributed by atoms with Crippen molar-refractivity contribution in [1.29, 1.82) is 0 Å². The minimum Gasteiger partial charge on any atom is -0.398 e. The summed E-state index contributed by atoms with van der Waals surface area (Å²) in [5.41, 5.74) is 12.0. The van der Waals surface area contributed by atoms with E-state index in [4.69, 9.17) is 17.9 Å². The van der Waals surface area contributed by atoms with E-state index in [1.54, 1.807) is 6.08 Å². The van der Waals surface area contributed by atoms with Crippen LogP contribution in [0.4, 0.5) is 0 Å². The minimum absolute atomic E-state index is 0.326. The van der Waals surface area contributed by atoms with Gasteiger partial charge in [-0.15, -0.1) is 6.42 Å². The molecular weight excluding hydrogens is 124 g/mol. The highest BCUT2D eigenvalue weighted by Gasteiger charge is 1.91. The molecule has 0 aromatic heterocycles. The Hall–Kier alpha value is -1.20. The highest BCUT2D eigenvalue weighted by atomic mass is 14.6. The Morgan fingerprint density at radius 3 is 2.60 bits per heavy atom. The number of nitrogens with two attached hydrogens (primary N) is 2. The molecule has 0 fully saturated rings. The molecule has 0 aromatic rings. The van der Waals surface area contributed by atoms with Crippen LogP contribution in [0, 0.1) is 12.3 Å². The normalized spacial score (nSPS) is 12.9. The lowest BCUT2D eigenvalue weighted by Gasteiger charge is -1.96. The first-order valence-electron chi connectivity index (χ1n) is 3.04. The van der Waals surface area contributed by atoms with Gasteiger partial charge in [0.2, 0.25) is 0 Å². The molecule has 0 saturated carbocycles. The maximum Gasteiger partial charge on any atom is 0.0441 e. The summed E-state index contributed by atoms with van der Waals surface area (Å²) in [6.07, 6.45) is 8.67.